The second-order valence-electron chi connectivity index (χ2n) is 4.79. The van der Waals surface area contributed by atoms with Crippen molar-refractivity contribution >= 4 is 27.5 Å². The van der Waals surface area contributed by atoms with Crippen LogP contribution < -0.4 is 4.80 Å². The molecule has 3 rings (SSSR count). The Balaban J connectivity index is 2.18. The fraction of sp³-hybridized carbons (Fsp3) is 0.0588. The SMILES string of the molecule is C=CCn1c(=NC(=O)c2ccccc2F)sc2cc(F)ccc21. The first kappa shape index (κ1) is 15.3. The van der Waals surface area contributed by atoms with Crippen LogP contribution in [0.5, 0.6) is 0 Å². The van der Waals surface area contributed by atoms with Gasteiger partial charge < -0.3 is 4.57 Å². The second-order valence-corrected chi connectivity index (χ2v) is 5.80. The third kappa shape index (κ3) is 2.98. The zero-order chi connectivity index (χ0) is 16.4. The molecule has 0 saturated carbocycles. The van der Waals surface area contributed by atoms with Crippen LogP contribution in [0.1, 0.15) is 10.4 Å². The molecule has 1 heterocycles. The standard InChI is InChI=1S/C17H12F2N2OS/c1-2-9-21-14-8-7-11(18)10-15(14)23-17(21)20-16(22)12-5-3-4-6-13(12)19/h2-8,10H,1,9H2. The predicted octanol–water partition coefficient (Wildman–Crippen LogP) is 3.91. The fourth-order valence-electron chi connectivity index (χ4n) is 2.22. The van der Waals surface area contributed by atoms with E-state index in [0.29, 0.717) is 16.0 Å². The van der Waals surface area contributed by atoms with Gasteiger partial charge in [0.05, 0.1) is 15.8 Å². The Bertz CT molecular complexity index is 972. The topological polar surface area (TPSA) is 34.4 Å². The number of amides is 1. The number of carbonyl (C=O) groups is 1. The summed E-state index contributed by atoms with van der Waals surface area (Å²) in [4.78, 5) is 16.6. The van der Waals surface area contributed by atoms with Gasteiger partial charge in [0.25, 0.3) is 5.91 Å². The molecule has 0 saturated heterocycles. The number of hydrogen-bond acceptors (Lipinski definition) is 2. The average Bonchev–Trinajstić information content (AvgIpc) is 2.84. The molecule has 3 aromatic rings. The van der Waals surface area contributed by atoms with Gasteiger partial charge in [0.1, 0.15) is 11.6 Å². The molecule has 116 valence electrons. The van der Waals surface area contributed by atoms with E-state index in [-0.39, 0.29) is 11.4 Å². The lowest BCUT2D eigenvalue weighted by atomic mass is 10.2. The van der Waals surface area contributed by atoms with E-state index in [2.05, 4.69) is 11.6 Å². The van der Waals surface area contributed by atoms with Gasteiger partial charge >= 0.3 is 0 Å². The van der Waals surface area contributed by atoms with Gasteiger partial charge in [0.15, 0.2) is 4.80 Å². The Morgan fingerprint density at radius 3 is 2.78 bits per heavy atom. The number of thiazole rings is 1. The molecule has 0 aliphatic carbocycles. The maximum Gasteiger partial charge on any atom is 0.282 e. The minimum Gasteiger partial charge on any atom is -0.312 e. The molecule has 0 aliphatic heterocycles. The van der Waals surface area contributed by atoms with Crippen molar-refractivity contribution in [3.8, 4) is 0 Å². The summed E-state index contributed by atoms with van der Waals surface area (Å²) in [5, 5.41) is 0. The molecule has 2 aromatic carbocycles. The van der Waals surface area contributed by atoms with Crippen LogP contribution in [-0.2, 0) is 6.54 Å². The van der Waals surface area contributed by atoms with Crippen molar-refractivity contribution in [2.24, 2.45) is 4.99 Å². The first-order valence-corrected chi connectivity index (χ1v) is 7.65. The van der Waals surface area contributed by atoms with Crippen molar-refractivity contribution in [2.45, 2.75) is 6.54 Å². The highest BCUT2D eigenvalue weighted by atomic mass is 32.1. The number of fused-ring (bicyclic) bond motifs is 1. The van der Waals surface area contributed by atoms with Gasteiger partial charge in [0.2, 0.25) is 0 Å². The largest absolute Gasteiger partial charge is 0.312 e. The summed E-state index contributed by atoms with van der Waals surface area (Å²) in [5.74, 6) is -1.66. The zero-order valence-electron chi connectivity index (χ0n) is 12.0. The van der Waals surface area contributed by atoms with Crippen LogP contribution in [0.3, 0.4) is 0 Å². The molecule has 1 amide bonds. The number of carbonyl (C=O) groups excluding carboxylic acids is 1. The molecule has 0 spiro atoms. The van der Waals surface area contributed by atoms with Crippen LogP contribution in [0.15, 0.2) is 60.1 Å². The van der Waals surface area contributed by atoms with Crippen molar-refractivity contribution in [2.75, 3.05) is 0 Å². The summed E-state index contributed by atoms with van der Waals surface area (Å²) in [6.45, 7) is 4.09. The van der Waals surface area contributed by atoms with Gasteiger partial charge in [-0.3, -0.25) is 4.79 Å². The summed E-state index contributed by atoms with van der Waals surface area (Å²) >= 11 is 1.17. The van der Waals surface area contributed by atoms with Crippen molar-refractivity contribution in [3.05, 3.63) is 77.1 Å². The Hall–Kier alpha value is -2.60. The van der Waals surface area contributed by atoms with Crippen molar-refractivity contribution < 1.29 is 13.6 Å². The molecule has 0 radical (unpaired) electrons. The lowest BCUT2D eigenvalue weighted by Gasteiger charge is -2.01. The van der Waals surface area contributed by atoms with E-state index in [4.69, 9.17) is 0 Å². The lowest BCUT2D eigenvalue weighted by molar-refractivity contribution is 0.0994. The molecule has 0 N–H and O–H groups in total. The van der Waals surface area contributed by atoms with Gasteiger partial charge in [-0.05, 0) is 30.3 Å². The first-order valence-electron chi connectivity index (χ1n) is 6.83. The summed E-state index contributed by atoms with van der Waals surface area (Å²) in [6, 6.07) is 10.0. The molecular formula is C17H12F2N2OS. The number of hydrogen-bond donors (Lipinski definition) is 0. The van der Waals surface area contributed by atoms with E-state index in [9.17, 15) is 13.6 Å². The molecular weight excluding hydrogens is 318 g/mol. The molecule has 0 atom stereocenters. The van der Waals surface area contributed by atoms with Crippen LogP contribution in [0.4, 0.5) is 8.78 Å². The maximum absolute atomic E-state index is 13.7. The van der Waals surface area contributed by atoms with Crippen LogP contribution >= 0.6 is 11.3 Å². The van der Waals surface area contributed by atoms with Crippen LogP contribution in [0.2, 0.25) is 0 Å². The van der Waals surface area contributed by atoms with E-state index < -0.39 is 11.7 Å². The third-order valence-corrected chi connectivity index (χ3v) is 4.30. The fourth-order valence-corrected chi connectivity index (χ4v) is 3.28. The normalized spacial score (nSPS) is 11.8. The number of benzene rings is 2. The molecule has 23 heavy (non-hydrogen) atoms. The highest BCUT2D eigenvalue weighted by Gasteiger charge is 2.12. The number of allylic oxidation sites excluding steroid dienone is 1. The van der Waals surface area contributed by atoms with Gasteiger partial charge in [-0.25, -0.2) is 8.78 Å². The van der Waals surface area contributed by atoms with E-state index in [1.165, 1.54) is 41.7 Å². The highest BCUT2D eigenvalue weighted by molar-refractivity contribution is 7.16. The van der Waals surface area contributed by atoms with E-state index in [1.54, 1.807) is 22.8 Å². The monoisotopic (exact) mass is 330 g/mol. The Kier molecular flexibility index (Phi) is 4.16. The first-order chi connectivity index (χ1) is 11.1. The summed E-state index contributed by atoms with van der Waals surface area (Å²) in [5.41, 5.74) is 0.651. The minimum absolute atomic E-state index is 0.0960. The molecule has 0 unspecified atom stereocenters. The van der Waals surface area contributed by atoms with Crippen molar-refractivity contribution in [1.82, 2.24) is 4.57 Å². The molecule has 1 aromatic heterocycles. The summed E-state index contributed by atoms with van der Waals surface area (Å²) in [7, 11) is 0. The summed E-state index contributed by atoms with van der Waals surface area (Å²) in [6.07, 6.45) is 1.65. The predicted molar refractivity (Wildman–Crippen MR) is 86.3 cm³/mol. The van der Waals surface area contributed by atoms with Crippen molar-refractivity contribution in [1.29, 1.82) is 0 Å². The number of rotatable bonds is 3. The molecule has 0 aliphatic rings. The summed E-state index contributed by atoms with van der Waals surface area (Å²) < 4.78 is 29.5. The van der Waals surface area contributed by atoms with E-state index in [0.717, 1.165) is 5.52 Å². The molecule has 0 bridgehead atoms. The number of aromatic nitrogens is 1. The quantitative estimate of drug-likeness (QED) is 0.671. The zero-order valence-corrected chi connectivity index (χ0v) is 12.8. The van der Waals surface area contributed by atoms with Crippen LogP contribution in [-0.4, -0.2) is 10.5 Å². The maximum atomic E-state index is 13.7. The van der Waals surface area contributed by atoms with Gasteiger partial charge in [-0.15, -0.1) is 6.58 Å². The smallest absolute Gasteiger partial charge is 0.282 e. The molecule has 0 fully saturated rings. The number of halogens is 2. The van der Waals surface area contributed by atoms with Crippen LogP contribution in [0, 0.1) is 11.6 Å². The van der Waals surface area contributed by atoms with Gasteiger partial charge in [-0.2, -0.15) is 4.99 Å². The minimum atomic E-state index is -0.673. The Morgan fingerprint density at radius 1 is 1.26 bits per heavy atom. The average molecular weight is 330 g/mol. The van der Waals surface area contributed by atoms with Gasteiger partial charge in [0, 0.05) is 6.54 Å². The van der Waals surface area contributed by atoms with Gasteiger partial charge in [-0.1, -0.05) is 29.5 Å². The number of nitrogens with zero attached hydrogens (tertiary/aromatic N) is 2. The Morgan fingerprint density at radius 2 is 2.04 bits per heavy atom. The third-order valence-electron chi connectivity index (χ3n) is 3.26. The highest BCUT2D eigenvalue weighted by Crippen LogP contribution is 2.19. The Labute approximate surface area is 134 Å². The van der Waals surface area contributed by atoms with Crippen LogP contribution in [0.25, 0.3) is 10.2 Å². The molecule has 3 nitrogen and oxygen atoms in total. The van der Waals surface area contributed by atoms with Crippen molar-refractivity contribution in [3.63, 3.8) is 0 Å². The van der Waals surface area contributed by atoms with E-state index in [1.807, 2.05) is 0 Å². The molecule has 6 heteroatoms. The lowest BCUT2D eigenvalue weighted by Crippen LogP contribution is -2.16. The second kappa shape index (κ2) is 6.26. The van der Waals surface area contributed by atoms with E-state index >= 15 is 0 Å².